The molecule has 0 radical (unpaired) electrons. The van der Waals surface area contributed by atoms with E-state index in [1.165, 1.54) is 18.6 Å². The highest BCUT2D eigenvalue weighted by Gasteiger charge is 2.29. The molecule has 1 unspecified atom stereocenters. The molecule has 0 aliphatic carbocycles. The number of benzene rings is 3. The van der Waals surface area contributed by atoms with Gasteiger partial charge >= 0.3 is 0 Å². The Balaban J connectivity index is 0.949. The van der Waals surface area contributed by atoms with Crippen LogP contribution in [0.3, 0.4) is 0 Å². The maximum absolute atomic E-state index is 13.5. The molecule has 318 valence electrons. The molecule has 16 nitrogen and oxygen atoms in total. The van der Waals surface area contributed by atoms with Crippen molar-refractivity contribution in [2.24, 2.45) is 0 Å². The van der Waals surface area contributed by atoms with Crippen molar-refractivity contribution in [2.45, 2.75) is 44.6 Å². The number of piperidine rings is 2. The topological polar surface area (TPSA) is 190 Å². The number of piperazine rings is 1. The number of carbonyl (C=O) groups excluding carboxylic acids is 5. The molecule has 0 spiro atoms. The SMILES string of the molecule is C=CC(=O)Nc1cc(Nc2ncc(Br)c(Nc3ccccc3C(C)=O)n2)c(OC)cc1N1CCN(C(=O)CN2CCC(c3ccc(NC4CCC(=O)NC4=O)cc3)CC2)CC1. The Labute approximate surface area is 362 Å². The van der Waals surface area contributed by atoms with Crippen LogP contribution in [-0.2, 0) is 19.2 Å². The fourth-order valence-corrected chi connectivity index (χ4v) is 8.13. The summed E-state index contributed by atoms with van der Waals surface area (Å²) < 4.78 is 6.40. The Bertz CT molecular complexity index is 2310. The van der Waals surface area contributed by atoms with Crippen molar-refractivity contribution in [3.8, 4) is 5.75 Å². The number of amides is 4. The van der Waals surface area contributed by atoms with Crippen LogP contribution in [0.5, 0.6) is 5.75 Å². The average Bonchev–Trinajstić information content (AvgIpc) is 3.26. The molecule has 4 amide bonds. The molecule has 3 fully saturated rings. The van der Waals surface area contributed by atoms with Gasteiger partial charge in [0.2, 0.25) is 29.6 Å². The number of carbonyl (C=O) groups is 5. The highest BCUT2D eigenvalue weighted by atomic mass is 79.9. The van der Waals surface area contributed by atoms with E-state index in [0.29, 0.717) is 90.1 Å². The first-order valence-electron chi connectivity index (χ1n) is 20.2. The third-order valence-electron chi connectivity index (χ3n) is 11.2. The van der Waals surface area contributed by atoms with Crippen LogP contribution in [0, 0.1) is 0 Å². The van der Waals surface area contributed by atoms with E-state index in [0.717, 1.165) is 37.3 Å². The van der Waals surface area contributed by atoms with E-state index in [9.17, 15) is 24.0 Å². The molecule has 3 saturated heterocycles. The fourth-order valence-electron chi connectivity index (χ4n) is 7.84. The summed E-state index contributed by atoms with van der Waals surface area (Å²) in [4.78, 5) is 77.4. The van der Waals surface area contributed by atoms with Gasteiger partial charge in [-0.1, -0.05) is 30.8 Å². The molecule has 7 rings (SSSR count). The third-order valence-corrected chi connectivity index (χ3v) is 11.8. The number of hydrogen-bond donors (Lipinski definition) is 5. The molecule has 0 saturated carbocycles. The van der Waals surface area contributed by atoms with Crippen molar-refractivity contribution in [3.05, 3.63) is 95.1 Å². The lowest BCUT2D eigenvalue weighted by Gasteiger charge is -2.38. The second-order valence-electron chi connectivity index (χ2n) is 15.2. The van der Waals surface area contributed by atoms with Gasteiger partial charge in [0.15, 0.2) is 5.78 Å². The summed E-state index contributed by atoms with van der Waals surface area (Å²) in [6.45, 7) is 9.23. The van der Waals surface area contributed by atoms with Gasteiger partial charge in [0.05, 0.1) is 40.9 Å². The number of ketones is 1. The summed E-state index contributed by atoms with van der Waals surface area (Å²) >= 11 is 3.50. The van der Waals surface area contributed by atoms with Crippen LogP contribution in [0.4, 0.5) is 40.2 Å². The molecular weight excluding hydrogens is 844 g/mol. The first-order valence-corrected chi connectivity index (χ1v) is 21.0. The Morgan fingerprint density at radius 3 is 2.36 bits per heavy atom. The molecule has 4 aromatic rings. The number of para-hydroxylation sites is 1. The number of nitrogens with one attached hydrogen (secondary N) is 5. The smallest absolute Gasteiger partial charge is 0.249 e. The van der Waals surface area contributed by atoms with E-state index < -0.39 is 6.04 Å². The summed E-state index contributed by atoms with van der Waals surface area (Å²) in [6.07, 6.45) is 5.48. The van der Waals surface area contributed by atoms with Gasteiger partial charge in [0.1, 0.15) is 17.6 Å². The molecule has 3 aliphatic heterocycles. The van der Waals surface area contributed by atoms with Gasteiger partial charge in [-0.3, -0.25) is 34.2 Å². The minimum absolute atomic E-state index is 0.0874. The van der Waals surface area contributed by atoms with E-state index in [-0.39, 0.29) is 35.4 Å². The van der Waals surface area contributed by atoms with E-state index in [4.69, 9.17) is 4.74 Å². The average molecular weight is 894 g/mol. The van der Waals surface area contributed by atoms with Crippen molar-refractivity contribution in [1.29, 1.82) is 0 Å². The highest BCUT2D eigenvalue weighted by molar-refractivity contribution is 9.10. The van der Waals surface area contributed by atoms with Gasteiger partial charge in [-0.15, -0.1) is 0 Å². The van der Waals surface area contributed by atoms with Crippen molar-refractivity contribution in [3.63, 3.8) is 0 Å². The molecule has 1 atom stereocenters. The van der Waals surface area contributed by atoms with Gasteiger partial charge in [-0.2, -0.15) is 4.98 Å². The number of anilines is 7. The molecule has 17 heteroatoms. The number of imide groups is 1. The molecule has 4 heterocycles. The Morgan fingerprint density at radius 2 is 1.67 bits per heavy atom. The second kappa shape index (κ2) is 19.4. The first-order chi connectivity index (χ1) is 29.5. The number of nitrogens with zero attached hydrogens (tertiary/aromatic N) is 5. The predicted octanol–water partition coefficient (Wildman–Crippen LogP) is 5.81. The molecule has 0 bridgehead atoms. The first kappa shape index (κ1) is 42.8. The van der Waals surface area contributed by atoms with Crippen molar-refractivity contribution in [2.75, 3.05) is 79.1 Å². The van der Waals surface area contributed by atoms with E-state index in [1.807, 2.05) is 29.2 Å². The van der Waals surface area contributed by atoms with Gasteiger partial charge in [0, 0.05) is 56.1 Å². The molecule has 3 aromatic carbocycles. The number of methoxy groups -OCH3 is 1. The minimum atomic E-state index is -0.419. The van der Waals surface area contributed by atoms with Crippen LogP contribution in [0.25, 0.3) is 0 Å². The zero-order chi connectivity index (χ0) is 43.0. The highest BCUT2D eigenvalue weighted by Crippen LogP contribution is 2.39. The van der Waals surface area contributed by atoms with Gasteiger partial charge in [0.25, 0.3) is 0 Å². The quantitative estimate of drug-likeness (QED) is 0.0580. The summed E-state index contributed by atoms with van der Waals surface area (Å²) in [5.74, 6) is 0.634. The molecule has 5 N–H and O–H groups in total. The fraction of sp³-hybridized carbons (Fsp3) is 0.341. The van der Waals surface area contributed by atoms with Gasteiger partial charge in [-0.25, -0.2) is 4.98 Å². The van der Waals surface area contributed by atoms with Gasteiger partial charge < -0.3 is 35.8 Å². The van der Waals surface area contributed by atoms with Crippen molar-refractivity contribution < 1.29 is 28.7 Å². The van der Waals surface area contributed by atoms with Crippen LogP contribution in [0.2, 0.25) is 0 Å². The molecule has 1 aromatic heterocycles. The standard InChI is InChI=1S/C44H49BrN10O6/c1-4-39(57)48-35-23-36(50-44-46-25-32(45)42(52-44)49-33-8-6-5-7-31(33)27(2)56)38(61-3)24-37(35)54-19-21-55(22-20-54)41(59)26-53-17-15-29(16-18-53)28-9-11-30(12-10-28)47-34-13-14-40(58)51-43(34)60/h4-12,23-25,29,34,47H,1,13-22,26H2,2-3H3,(H,48,57)(H,51,58,60)(H2,46,49,50,52). The minimum Gasteiger partial charge on any atom is -0.494 e. The number of hydrogen-bond acceptors (Lipinski definition) is 13. The van der Waals surface area contributed by atoms with Crippen LogP contribution in [-0.4, -0.2) is 108 Å². The van der Waals surface area contributed by atoms with Crippen LogP contribution < -0.4 is 36.2 Å². The lowest BCUT2D eigenvalue weighted by atomic mass is 9.89. The Kier molecular flexibility index (Phi) is 13.6. The van der Waals surface area contributed by atoms with E-state index >= 15 is 0 Å². The van der Waals surface area contributed by atoms with Crippen molar-refractivity contribution >= 4 is 85.5 Å². The number of Topliss-reactive ketones (excluding diaryl/α,β-unsaturated/α-hetero) is 1. The normalized spacial score (nSPS) is 17.3. The van der Waals surface area contributed by atoms with Crippen LogP contribution in [0.15, 0.2) is 84.0 Å². The third kappa shape index (κ3) is 10.5. The summed E-state index contributed by atoms with van der Waals surface area (Å²) in [5.41, 5.74) is 4.94. The maximum Gasteiger partial charge on any atom is 0.249 e. The van der Waals surface area contributed by atoms with E-state index in [1.54, 1.807) is 37.6 Å². The Morgan fingerprint density at radius 1 is 0.934 bits per heavy atom. The van der Waals surface area contributed by atoms with Crippen molar-refractivity contribution in [1.82, 2.24) is 25.1 Å². The molecule has 61 heavy (non-hydrogen) atoms. The number of rotatable bonds is 14. The summed E-state index contributed by atoms with van der Waals surface area (Å²) in [6, 6.07) is 18.5. The second-order valence-corrected chi connectivity index (χ2v) is 16.0. The molecular formula is C44H49BrN10O6. The van der Waals surface area contributed by atoms with Crippen LogP contribution >= 0.6 is 15.9 Å². The zero-order valence-electron chi connectivity index (χ0n) is 34.1. The number of likely N-dealkylation sites (tertiary alicyclic amines) is 1. The maximum atomic E-state index is 13.5. The number of aromatic nitrogens is 2. The lowest BCUT2D eigenvalue weighted by Crippen LogP contribution is -2.52. The monoisotopic (exact) mass is 892 g/mol. The van der Waals surface area contributed by atoms with E-state index in [2.05, 4.69) is 81.0 Å². The largest absolute Gasteiger partial charge is 0.494 e. The van der Waals surface area contributed by atoms with Gasteiger partial charge in [-0.05, 0) is 103 Å². The van der Waals surface area contributed by atoms with Crippen LogP contribution in [0.1, 0.15) is 54.4 Å². The number of halogens is 1. The summed E-state index contributed by atoms with van der Waals surface area (Å²) in [7, 11) is 1.56. The zero-order valence-corrected chi connectivity index (χ0v) is 35.7. The lowest BCUT2D eigenvalue weighted by molar-refractivity contribution is -0.134. The summed E-state index contributed by atoms with van der Waals surface area (Å²) in [5, 5.41) is 15.0. The number of ether oxygens (including phenoxy) is 1. The molecule has 3 aliphatic rings. The predicted molar refractivity (Wildman–Crippen MR) is 238 cm³/mol. The Hall–Kier alpha value is -6.33.